The number of carboxylic acid groups (broad SMARTS) is 1. The van der Waals surface area contributed by atoms with E-state index in [2.05, 4.69) is 9.72 Å². The van der Waals surface area contributed by atoms with Crippen LogP contribution in [0.5, 0.6) is 5.75 Å². The van der Waals surface area contributed by atoms with E-state index in [0.29, 0.717) is 0 Å². The lowest BCUT2D eigenvalue weighted by atomic mass is 10.2. The largest absolute Gasteiger partial charge is 0.496 e. The first-order valence-corrected chi connectivity index (χ1v) is 4.11. The smallest absolute Gasteiger partial charge is 0.354 e. The van der Waals surface area contributed by atoms with Gasteiger partial charge in [-0.05, 0) is 0 Å². The van der Waals surface area contributed by atoms with Gasteiger partial charge in [-0.2, -0.15) is 0 Å². The highest BCUT2D eigenvalue weighted by Gasteiger charge is 2.22. The summed E-state index contributed by atoms with van der Waals surface area (Å²) in [7, 11) is 1.14. The van der Waals surface area contributed by atoms with Gasteiger partial charge in [-0.1, -0.05) is 11.6 Å². The number of hydrogen-bond acceptors (Lipinski definition) is 3. The molecule has 4 nitrogen and oxygen atoms in total. The summed E-state index contributed by atoms with van der Waals surface area (Å²) < 4.78 is 29.5. The molecule has 1 N–H and O–H groups in total. The molecule has 0 bridgehead atoms. The number of methoxy groups -OCH3 is 1. The summed E-state index contributed by atoms with van der Waals surface area (Å²) in [6, 6.07) is 0.899. The maximum atomic E-state index is 12.5. The maximum absolute atomic E-state index is 12.5. The number of ether oxygens (including phenoxy) is 1. The zero-order valence-electron chi connectivity index (χ0n) is 7.50. The molecule has 7 heteroatoms. The van der Waals surface area contributed by atoms with Crippen molar-refractivity contribution in [2.24, 2.45) is 0 Å². The first kappa shape index (κ1) is 11.6. The number of aromatic nitrogens is 1. The Morgan fingerprint density at radius 2 is 2.27 bits per heavy atom. The van der Waals surface area contributed by atoms with Crippen LogP contribution in [0.1, 0.15) is 22.5 Å². The van der Waals surface area contributed by atoms with Crippen LogP contribution in [0.3, 0.4) is 0 Å². The number of pyridine rings is 1. The Morgan fingerprint density at radius 1 is 1.67 bits per heavy atom. The molecule has 0 aromatic carbocycles. The minimum atomic E-state index is -2.87. The number of aromatic carboxylic acids is 1. The van der Waals surface area contributed by atoms with E-state index in [9.17, 15) is 13.6 Å². The highest BCUT2D eigenvalue weighted by atomic mass is 35.5. The predicted octanol–water partition coefficient (Wildman–Crippen LogP) is 2.38. The van der Waals surface area contributed by atoms with Crippen molar-refractivity contribution in [2.45, 2.75) is 6.43 Å². The minimum Gasteiger partial charge on any atom is -0.496 e. The Kier molecular flexibility index (Phi) is 3.41. The van der Waals surface area contributed by atoms with Gasteiger partial charge in [0.2, 0.25) is 0 Å². The van der Waals surface area contributed by atoms with Crippen LogP contribution in [-0.2, 0) is 0 Å². The van der Waals surface area contributed by atoms with Crippen molar-refractivity contribution in [3.63, 3.8) is 0 Å². The molecule has 1 aromatic heterocycles. The van der Waals surface area contributed by atoms with Crippen LogP contribution in [0.15, 0.2) is 6.07 Å². The summed E-state index contributed by atoms with van der Waals surface area (Å²) in [5, 5.41) is 8.03. The van der Waals surface area contributed by atoms with Gasteiger partial charge < -0.3 is 9.84 Å². The molecule has 1 aromatic rings. The molecule has 0 atom stereocenters. The van der Waals surface area contributed by atoms with Crippen molar-refractivity contribution in [1.29, 1.82) is 0 Å². The summed E-state index contributed by atoms with van der Waals surface area (Å²) in [4.78, 5) is 13.8. The molecule has 0 saturated carbocycles. The standard InChI is InChI=1S/C8H6ClF2NO3/c1-15-4-2-3(8(13)14)12-6(9)5(4)7(10)11/h2,7H,1H3,(H,13,14). The van der Waals surface area contributed by atoms with Gasteiger partial charge >= 0.3 is 5.97 Å². The van der Waals surface area contributed by atoms with Gasteiger partial charge in [-0.3, -0.25) is 0 Å². The van der Waals surface area contributed by atoms with Crippen molar-refractivity contribution in [3.8, 4) is 5.75 Å². The molecule has 0 aliphatic rings. The van der Waals surface area contributed by atoms with Gasteiger partial charge in [0.15, 0.2) is 5.69 Å². The van der Waals surface area contributed by atoms with E-state index >= 15 is 0 Å². The average molecular weight is 238 g/mol. The lowest BCUT2D eigenvalue weighted by Gasteiger charge is -2.09. The third-order valence-corrected chi connectivity index (χ3v) is 1.92. The number of halogens is 3. The summed E-state index contributed by atoms with van der Waals surface area (Å²) >= 11 is 5.42. The molecule has 0 fully saturated rings. The van der Waals surface area contributed by atoms with Gasteiger partial charge in [-0.25, -0.2) is 18.6 Å². The van der Waals surface area contributed by atoms with Gasteiger partial charge in [0.05, 0.1) is 12.7 Å². The molecular formula is C8H6ClF2NO3. The van der Waals surface area contributed by atoms with E-state index in [-0.39, 0.29) is 5.75 Å². The summed E-state index contributed by atoms with van der Waals surface area (Å²) in [5.74, 6) is -1.65. The lowest BCUT2D eigenvalue weighted by Crippen LogP contribution is -2.04. The highest BCUT2D eigenvalue weighted by molar-refractivity contribution is 6.30. The molecule has 1 rings (SSSR count). The molecule has 1 heterocycles. The molecule has 0 radical (unpaired) electrons. The number of carbonyl (C=O) groups is 1. The Hall–Kier alpha value is -1.43. The number of alkyl halides is 2. The first-order chi connectivity index (χ1) is 6.97. The van der Waals surface area contributed by atoms with E-state index in [0.717, 1.165) is 13.2 Å². The monoisotopic (exact) mass is 237 g/mol. The number of carboxylic acids is 1. The molecule has 0 aliphatic carbocycles. The second-order valence-electron chi connectivity index (χ2n) is 2.52. The third kappa shape index (κ3) is 2.33. The van der Waals surface area contributed by atoms with E-state index < -0.39 is 28.8 Å². The van der Waals surface area contributed by atoms with Crippen LogP contribution in [0, 0.1) is 0 Å². The minimum absolute atomic E-state index is 0.289. The second kappa shape index (κ2) is 4.39. The number of nitrogens with zero attached hydrogens (tertiary/aromatic N) is 1. The van der Waals surface area contributed by atoms with Crippen molar-refractivity contribution in [1.82, 2.24) is 4.98 Å². The van der Waals surface area contributed by atoms with Gasteiger partial charge in [0, 0.05) is 6.07 Å². The fourth-order valence-corrected chi connectivity index (χ4v) is 1.24. The molecule has 0 spiro atoms. The second-order valence-corrected chi connectivity index (χ2v) is 2.88. The van der Waals surface area contributed by atoms with Crippen molar-refractivity contribution >= 4 is 17.6 Å². The number of rotatable bonds is 3. The van der Waals surface area contributed by atoms with Crippen molar-refractivity contribution < 1.29 is 23.4 Å². The van der Waals surface area contributed by atoms with E-state index in [1.807, 2.05) is 0 Å². The molecule has 0 saturated heterocycles. The Labute approximate surface area is 88.4 Å². The molecule has 0 aliphatic heterocycles. The van der Waals surface area contributed by atoms with Crippen LogP contribution >= 0.6 is 11.6 Å². The Balaban J connectivity index is 3.37. The van der Waals surface area contributed by atoms with E-state index in [1.165, 1.54) is 0 Å². The van der Waals surface area contributed by atoms with Gasteiger partial charge in [0.1, 0.15) is 10.9 Å². The summed E-state index contributed by atoms with van der Waals surface area (Å²) in [5.41, 5.74) is -1.05. The van der Waals surface area contributed by atoms with Crippen LogP contribution in [0.2, 0.25) is 5.15 Å². The van der Waals surface area contributed by atoms with Crippen LogP contribution < -0.4 is 4.74 Å². The Morgan fingerprint density at radius 3 is 2.67 bits per heavy atom. The normalized spacial score (nSPS) is 10.5. The van der Waals surface area contributed by atoms with Crippen LogP contribution in [0.25, 0.3) is 0 Å². The predicted molar refractivity (Wildman–Crippen MR) is 47.7 cm³/mol. The van der Waals surface area contributed by atoms with Crippen molar-refractivity contribution in [3.05, 3.63) is 22.5 Å². The van der Waals surface area contributed by atoms with Crippen LogP contribution in [0.4, 0.5) is 8.78 Å². The first-order valence-electron chi connectivity index (χ1n) is 3.73. The molecule has 0 amide bonds. The van der Waals surface area contributed by atoms with E-state index in [1.54, 1.807) is 0 Å². The summed E-state index contributed by atoms with van der Waals surface area (Å²) in [6.45, 7) is 0. The number of hydrogen-bond donors (Lipinski definition) is 1. The maximum Gasteiger partial charge on any atom is 0.354 e. The third-order valence-electron chi connectivity index (χ3n) is 1.63. The summed E-state index contributed by atoms with van der Waals surface area (Å²) in [6.07, 6.45) is -2.87. The zero-order chi connectivity index (χ0) is 11.6. The Bertz CT molecular complexity index is 398. The fourth-order valence-electron chi connectivity index (χ4n) is 0.978. The quantitative estimate of drug-likeness (QED) is 0.820. The molecule has 15 heavy (non-hydrogen) atoms. The van der Waals surface area contributed by atoms with Crippen molar-refractivity contribution in [2.75, 3.05) is 7.11 Å². The van der Waals surface area contributed by atoms with Gasteiger partial charge in [-0.15, -0.1) is 0 Å². The zero-order valence-corrected chi connectivity index (χ0v) is 8.26. The highest BCUT2D eigenvalue weighted by Crippen LogP contribution is 2.34. The van der Waals surface area contributed by atoms with E-state index in [4.69, 9.17) is 16.7 Å². The lowest BCUT2D eigenvalue weighted by molar-refractivity contribution is 0.0689. The topological polar surface area (TPSA) is 59.4 Å². The molecular weight excluding hydrogens is 232 g/mol. The SMILES string of the molecule is COc1cc(C(=O)O)nc(Cl)c1C(F)F. The van der Waals surface area contributed by atoms with Crippen LogP contribution in [-0.4, -0.2) is 23.2 Å². The fraction of sp³-hybridized carbons (Fsp3) is 0.250. The molecule has 0 unspecified atom stereocenters. The molecule has 82 valence electrons. The van der Waals surface area contributed by atoms with Gasteiger partial charge in [0.25, 0.3) is 6.43 Å². The average Bonchev–Trinajstić information content (AvgIpc) is 2.15.